The van der Waals surface area contributed by atoms with Gasteiger partial charge in [0.2, 0.25) is 0 Å². The Morgan fingerprint density at radius 1 is 1.38 bits per heavy atom. The lowest BCUT2D eigenvalue weighted by atomic mass is 10.2. The predicted molar refractivity (Wildman–Crippen MR) is 64.5 cm³/mol. The summed E-state index contributed by atoms with van der Waals surface area (Å²) in [5.74, 6) is 0. The molecule has 1 aliphatic rings. The van der Waals surface area contributed by atoms with E-state index in [-0.39, 0.29) is 6.10 Å². The van der Waals surface area contributed by atoms with Gasteiger partial charge in [0, 0.05) is 31.3 Å². The summed E-state index contributed by atoms with van der Waals surface area (Å²) in [6, 6.07) is 10.7. The fourth-order valence-electron chi connectivity index (χ4n) is 2.37. The summed E-state index contributed by atoms with van der Waals surface area (Å²) in [5, 5.41) is 4.65. The number of benzene rings is 1. The number of hydrogen-bond donors (Lipinski definition) is 1. The maximum atomic E-state index is 5.79. The second kappa shape index (κ2) is 3.92. The SMILES string of the molecule is Cn1c(C2CNCCO2)cc2ccccc21. The highest BCUT2D eigenvalue weighted by Gasteiger charge is 2.19. The number of morpholine rings is 1. The summed E-state index contributed by atoms with van der Waals surface area (Å²) in [4.78, 5) is 0. The van der Waals surface area contributed by atoms with Gasteiger partial charge in [0.1, 0.15) is 6.10 Å². The highest BCUT2D eigenvalue weighted by atomic mass is 16.5. The number of rotatable bonds is 1. The molecule has 2 aromatic rings. The smallest absolute Gasteiger partial charge is 0.110 e. The van der Waals surface area contributed by atoms with Gasteiger partial charge >= 0.3 is 0 Å². The molecule has 1 aliphatic heterocycles. The molecular formula is C13H16N2O. The van der Waals surface area contributed by atoms with Crippen LogP contribution in [0, 0.1) is 0 Å². The average Bonchev–Trinajstić information content (AvgIpc) is 2.69. The van der Waals surface area contributed by atoms with Crippen molar-refractivity contribution in [1.82, 2.24) is 9.88 Å². The Morgan fingerprint density at radius 2 is 2.25 bits per heavy atom. The van der Waals surface area contributed by atoms with Crippen molar-refractivity contribution in [3.63, 3.8) is 0 Å². The fourth-order valence-corrected chi connectivity index (χ4v) is 2.37. The zero-order valence-electron chi connectivity index (χ0n) is 9.44. The van der Waals surface area contributed by atoms with Gasteiger partial charge in [-0.15, -0.1) is 0 Å². The number of nitrogens with zero attached hydrogens (tertiary/aromatic N) is 1. The van der Waals surface area contributed by atoms with Gasteiger partial charge < -0.3 is 14.6 Å². The Morgan fingerprint density at radius 3 is 3.00 bits per heavy atom. The minimum absolute atomic E-state index is 0.186. The molecular weight excluding hydrogens is 200 g/mol. The lowest BCUT2D eigenvalue weighted by Gasteiger charge is -2.24. The van der Waals surface area contributed by atoms with Crippen molar-refractivity contribution in [2.24, 2.45) is 7.05 Å². The van der Waals surface area contributed by atoms with Crippen LogP contribution in [0.1, 0.15) is 11.8 Å². The number of aryl methyl sites for hydroxylation is 1. The Hall–Kier alpha value is -1.32. The molecule has 1 aromatic carbocycles. The molecule has 1 fully saturated rings. The van der Waals surface area contributed by atoms with Crippen molar-refractivity contribution in [1.29, 1.82) is 0 Å². The standard InChI is InChI=1S/C13H16N2O/c1-15-11-5-3-2-4-10(11)8-12(15)13-9-14-6-7-16-13/h2-5,8,13-14H,6-7,9H2,1H3. The first-order chi connectivity index (χ1) is 7.86. The maximum absolute atomic E-state index is 5.79. The number of nitrogens with one attached hydrogen (secondary N) is 1. The molecule has 3 nitrogen and oxygen atoms in total. The van der Waals surface area contributed by atoms with Crippen LogP contribution in [-0.4, -0.2) is 24.3 Å². The topological polar surface area (TPSA) is 26.2 Å². The van der Waals surface area contributed by atoms with Gasteiger partial charge in [-0.05, 0) is 17.5 Å². The Labute approximate surface area is 95.0 Å². The number of ether oxygens (including phenoxy) is 1. The van der Waals surface area contributed by atoms with E-state index in [0.29, 0.717) is 0 Å². The fraction of sp³-hybridized carbons (Fsp3) is 0.385. The van der Waals surface area contributed by atoms with Crippen molar-refractivity contribution < 1.29 is 4.74 Å². The van der Waals surface area contributed by atoms with Gasteiger partial charge in [0.05, 0.1) is 6.61 Å². The lowest BCUT2D eigenvalue weighted by Crippen LogP contribution is -2.34. The molecule has 3 rings (SSSR count). The minimum Gasteiger partial charge on any atom is -0.369 e. The van der Waals surface area contributed by atoms with Crippen LogP contribution in [0.4, 0.5) is 0 Å². The zero-order valence-corrected chi connectivity index (χ0v) is 9.44. The second-order valence-electron chi connectivity index (χ2n) is 4.25. The summed E-state index contributed by atoms with van der Waals surface area (Å²) in [6.07, 6.45) is 0.186. The summed E-state index contributed by atoms with van der Waals surface area (Å²) in [7, 11) is 2.11. The van der Waals surface area contributed by atoms with Crippen molar-refractivity contribution in [2.75, 3.05) is 19.7 Å². The molecule has 1 saturated heterocycles. The average molecular weight is 216 g/mol. The highest BCUT2D eigenvalue weighted by molar-refractivity contribution is 5.81. The van der Waals surface area contributed by atoms with Crippen molar-refractivity contribution in [3.8, 4) is 0 Å². The second-order valence-corrected chi connectivity index (χ2v) is 4.25. The van der Waals surface area contributed by atoms with Gasteiger partial charge in [-0.1, -0.05) is 18.2 Å². The number of fused-ring (bicyclic) bond motifs is 1. The van der Waals surface area contributed by atoms with E-state index in [1.807, 2.05) is 0 Å². The third-order valence-electron chi connectivity index (χ3n) is 3.25. The van der Waals surface area contributed by atoms with Crippen molar-refractivity contribution in [3.05, 3.63) is 36.0 Å². The molecule has 84 valence electrons. The largest absolute Gasteiger partial charge is 0.369 e. The molecule has 0 spiro atoms. The van der Waals surface area contributed by atoms with Crippen LogP contribution in [0.15, 0.2) is 30.3 Å². The zero-order chi connectivity index (χ0) is 11.0. The number of para-hydroxylation sites is 1. The molecule has 2 heterocycles. The molecule has 0 saturated carbocycles. The van der Waals surface area contributed by atoms with E-state index in [9.17, 15) is 0 Å². The molecule has 0 bridgehead atoms. The van der Waals surface area contributed by atoms with Crippen LogP contribution in [0.25, 0.3) is 10.9 Å². The summed E-state index contributed by atoms with van der Waals surface area (Å²) < 4.78 is 8.02. The summed E-state index contributed by atoms with van der Waals surface area (Å²) in [5.41, 5.74) is 2.53. The van der Waals surface area contributed by atoms with Crippen LogP contribution in [0.5, 0.6) is 0 Å². The summed E-state index contributed by atoms with van der Waals surface area (Å²) >= 11 is 0. The minimum atomic E-state index is 0.186. The summed E-state index contributed by atoms with van der Waals surface area (Å²) in [6.45, 7) is 2.66. The van der Waals surface area contributed by atoms with E-state index in [1.165, 1.54) is 16.6 Å². The molecule has 1 aromatic heterocycles. The maximum Gasteiger partial charge on any atom is 0.110 e. The third kappa shape index (κ3) is 1.52. The molecule has 1 N–H and O–H groups in total. The molecule has 0 radical (unpaired) electrons. The van der Waals surface area contributed by atoms with Crippen LogP contribution >= 0.6 is 0 Å². The first kappa shape index (κ1) is 9.87. The van der Waals surface area contributed by atoms with E-state index >= 15 is 0 Å². The number of hydrogen-bond acceptors (Lipinski definition) is 2. The third-order valence-corrected chi connectivity index (χ3v) is 3.25. The van der Waals surface area contributed by atoms with Crippen LogP contribution in [0.2, 0.25) is 0 Å². The van der Waals surface area contributed by atoms with Gasteiger partial charge in [-0.3, -0.25) is 0 Å². The predicted octanol–water partition coefficient (Wildman–Crippen LogP) is 1.84. The Balaban J connectivity index is 2.05. The van der Waals surface area contributed by atoms with E-state index in [2.05, 4.69) is 47.3 Å². The molecule has 3 heteroatoms. The molecule has 0 amide bonds. The lowest BCUT2D eigenvalue weighted by molar-refractivity contribution is 0.0236. The van der Waals surface area contributed by atoms with Crippen LogP contribution in [0.3, 0.4) is 0 Å². The molecule has 16 heavy (non-hydrogen) atoms. The van der Waals surface area contributed by atoms with Gasteiger partial charge in [0.25, 0.3) is 0 Å². The monoisotopic (exact) mass is 216 g/mol. The van der Waals surface area contributed by atoms with E-state index in [4.69, 9.17) is 4.74 Å². The molecule has 1 unspecified atom stereocenters. The van der Waals surface area contributed by atoms with Crippen molar-refractivity contribution in [2.45, 2.75) is 6.10 Å². The quantitative estimate of drug-likeness (QED) is 0.787. The van der Waals surface area contributed by atoms with E-state index in [1.54, 1.807) is 0 Å². The Bertz CT molecular complexity index is 498. The van der Waals surface area contributed by atoms with Gasteiger partial charge in [0.15, 0.2) is 0 Å². The Kier molecular flexibility index (Phi) is 2.42. The van der Waals surface area contributed by atoms with Gasteiger partial charge in [-0.25, -0.2) is 0 Å². The molecule has 0 aliphatic carbocycles. The highest BCUT2D eigenvalue weighted by Crippen LogP contribution is 2.25. The van der Waals surface area contributed by atoms with E-state index < -0.39 is 0 Å². The van der Waals surface area contributed by atoms with E-state index in [0.717, 1.165) is 19.7 Å². The first-order valence-corrected chi connectivity index (χ1v) is 5.73. The van der Waals surface area contributed by atoms with Crippen LogP contribution < -0.4 is 5.32 Å². The normalized spacial score (nSPS) is 21.4. The first-order valence-electron chi connectivity index (χ1n) is 5.73. The molecule has 1 atom stereocenters. The number of aromatic nitrogens is 1. The van der Waals surface area contributed by atoms with Gasteiger partial charge in [-0.2, -0.15) is 0 Å². The van der Waals surface area contributed by atoms with Crippen LogP contribution in [-0.2, 0) is 11.8 Å². The van der Waals surface area contributed by atoms with Crippen molar-refractivity contribution >= 4 is 10.9 Å².